The lowest BCUT2D eigenvalue weighted by atomic mass is 10.3. The molecule has 0 aliphatic rings. The molecule has 0 aliphatic heterocycles. The maximum atomic E-state index is 12.2. The fraction of sp³-hybridized carbons (Fsp3) is 0. The molecule has 0 amide bonds. The second kappa shape index (κ2) is 5.61. The van der Waals surface area contributed by atoms with Gasteiger partial charge in [0.2, 0.25) is 5.28 Å². The van der Waals surface area contributed by atoms with Gasteiger partial charge in [0, 0.05) is 11.8 Å². The lowest BCUT2D eigenvalue weighted by Gasteiger charge is -2.09. The van der Waals surface area contributed by atoms with E-state index in [0.717, 1.165) is 0 Å². The molecule has 1 aromatic heterocycles. The Hall–Kier alpha value is -1.28. The Kier molecular flexibility index (Phi) is 4.24. The minimum atomic E-state index is -3.97. The molecule has 0 aliphatic carbocycles. The first kappa shape index (κ1) is 15.1. The quantitative estimate of drug-likeness (QED) is 0.502. The number of nitrogen functional groups attached to an aromatic ring is 1. The van der Waals surface area contributed by atoms with Crippen LogP contribution >= 0.6 is 34.8 Å². The highest BCUT2D eigenvalue weighted by Gasteiger charge is 2.19. The van der Waals surface area contributed by atoms with Gasteiger partial charge in [0.25, 0.3) is 10.0 Å². The van der Waals surface area contributed by atoms with E-state index < -0.39 is 10.0 Å². The van der Waals surface area contributed by atoms with Gasteiger partial charge in [0.05, 0.1) is 5.02 Å². The third-order valence-corrected chi connectivity index (χ3v) is 4.35. The van der Waals surface area contributed by atoms with Gasteiger partial charge in [-0.25, -0.2) is 13.4 Å². The number of hydrogen-bond acceptors (Lipinski definition) is 5. The summed E-state index contributed by atoms with van der Waals surface area (Å²) in [6.07, 6.45) is 0. The van der Waals surface area contributed by atoms with Crippen molar-refractivity contribution in [3.63, 3.8) is 0 Å². The van der Waals surface area contributed by atoms with Crippen LogP contribution in [0.3, 0.4) is 0 Å². The summed E-state index contributed by atoms with van der Waals surface area (Å²) in [7, 11) is -3.97. The molecule has 0 radical (unpaired) electrons. The number of nitrogens with two attached hydrogens (primary N) is 1. The van der Waals surface area contributed by atoms with Crippen molar-refractivity contribution in [1.82, 2.24) is 9.97 Å². The van der Waals surface area contributed by atoms with Crippen molar-refractivity contribution in [1.29, 1.82) is 0 Å². The number of aromatic nitrogens is 2. The lowest BCUT2D eigenvalue weighted by molar-refractivity contribution is 0.601. The maximum Gasteiger partial charge on any atom is 0.264 e. The summed E-state index contributed by atoms with van der Waals surface area (Å²) in [6, 6.07) is 5.31. The first-order chi connectivity index (χ1) is 9.28. The lowest BCUT2D eigenvalue weighted by Crippen LogP contribution is -2.15. The van der Waals surface area contributed by atoms with Gasteiger partial charge in [0.1, 0.15) is 15.9 Å². The zero-order valence-corrected chi connectivity index (χ0v) is 12.7. The van der Waals surface area contributed by atoms with Gasteiger partial charge in [-0.2, -0.15) is 4.98 Å². The van der Waals surface area contributed by atoms with Gasteiger partial charge in [-0.1, -0.05) is 23.2 Å². The summed E-state index contributed by atoms with van der Waals surface area (Å²) in [5.74, 6) is -0.0755. The van der Waals surface area contributed by atoms with Gasteiger partial charge >= 0.3 is 0 Å². The number of halogens is 3. The highest BCUT2D eigenvalue weighted by atomic mass is 35.5. The van der Waals surface area contributed by atoms with E-state index in [0.29, 0.717) is 0 Å². The van der Waals surface area contributed by atoms with Crippen LogP contribution in [0.1, 0.15) is 0 Å². The highest BCUT2D eigenvalue weighted by Crippen LogP contribution is 2.26. The van der Waals surface area contributed by atoms with E-state index in [1.165, 1.54) is 24.3 Å². The summed E-state index contributed by atoms with van der Waals surface area (Å²) in [6.45, 7) is 0. The second-order valence-electron chi connectivity index (χ2n) is 3.64. The molecule has 2 rings (SSSR count). The van der Waals surface area contributed by atoms with Crippen LogP contribution in [-0.2, 0) is 10.0 Å². The SMILES string of the molecule is Nc1ccc(Cl)c(S(=O)(=O)Nc2cc(Cl)nc(Cl)n2)c1. The predicted molar refractivity (Wildman–Crippen MR) is 78.7 cm³/mol. The summed E-state index contributed by atoms with van der Waals surface area (Å²) >= 11 is 17.1. The molecule has 106 valence electrons. The van der Waals surface area contributed by atoms with Crippen molar-refractivity contribution in [3.05, 3.63) is 39.7 Å². The van der Waals surface area contributed by atoms with E-state index >= 15 is 0 Å². The summed E-state index contributed by atoms with van der Waals surface area (Å²) < 4.78 is 26.6. The van der Waals surface area contributed by atoms with Gasteiger partial charge < -0.3 is 5.73 Å². The van der Waals surface area contributed by atoms with E-state index in [-0.39, 0.29) is 31.9 Å². The van der Waals surface area contributed by atoms with Crippen molar-refractivity contribution in [2.75, 3.05) is 10.5 Å². The van der Waals surface area contributed by atoms with Crippen molar-refractivity contribution in [3.8, 4) is 0 Å². The number of hydrogen-bond donors (Lipinski definition) is 2. The van der Waals surface area contributed by atoms with Gasteiger partial charge in [0.15, 0.2) is 0 Å². The van der Waals surface area contributed by atoms with Crippen molar-refractivity contribution in [2.45, 2.75) is 4.90 Å². The zero-order chi connectivity index (χ0) is 14.9. The van der Waals surface area contributed by atoms with Crippen LogP contribution in [0.2, 0.25) is 15.5 Å². The average Bonchev–Trinajstić information content (AvgIpc) is 2.30. The molecule has 0 spiro atoms. The molecule has 1 aromatic carbocycles. The summed E-state index contributed by atoms with van der Waals surface area (Å²) in [5, 5.41) is -0.159. The highest BCUT2D eigenvalue weighted by molar-refractivity contribution is 7.92. The first-order valence-corrected chi connectivity index (χ1v) is 7.67. The Morgan fingerprint density at radius 1 is 1.10 bits per heavy atom. The number of benzene rings is 1. The van der Waals surface area contributed by atoms with Crippen molar-refractivity contribution >= 4 is 56.3 Å². The van der Waals surface area contributed by atoms with Gasteiger partial charge in [-0.05, 0) is 29.8 Å². The molecule has 3 N–H and O–H groups in total. The molecule has 0 atom stereocenters. The summed E-state index contributed by atoms with van der Waals surface area (Å²) in [5.41, 5.74) is 5.80. The Bertz CT molecular complexity index is 747. The minimum Gasteiger partial charge on any atom is -0.399 e. The second-order valence-corrected chi connectivity index (χ2v) is 6.42. The Morgan fingerprint density at radius 2 is 1.80 bits per heavy atom. The third-order valence-electron chi connectivity index (χ3n) is 2.15. The van der Waals surface area contributed by atoms with Crippen molar-refractivity contribution < 1.29 is 8.42 Å². The molecule has 0 saturated carbocycles. The molecule has 2 aromatic rings. The fourth-order valence-corrected chi connectivity index (χ4v) is 3.30. The number of nitrogens with zero attached hydrogens (tertiary/aromatic N) is 2. The maximum absolute atomic E-state index is 12.2. The van der Waals surface area contributed by atoms with Crippen LogP contribution in [0.25, 0.3) is 0 Å². The number of nitrogens with one attached hydrogen (secondary N) is 1. The fourth-order valence-electron chi connectivity index (χ4n) is 1.36. The van der Waals surface area contributed by atoms with Crippen LogP contribution < -0.4 is 10.5 Å². The van der Waals surface area contributed by atoms with Gasteiger partial charge in [-0.15, -0.1) is 0 Å². The van der Waals surface area contributed by atoms with E-state index in [4.69, 9.17) is 40.5 Å². The molecule has 0 unspecified atom stereocenters. The molecule has 0 fully saturated rings. The molecule has 20 heavy (non-hydrogen) atoms. The van der Waals surface area contributed by atoms with E-state index in [2.05, 4.69) is 14.7 Å². The predicted octanol–water partition coefficient (Wildman–Crippen LogP) is 2.82. The molecular weight excluding hydrogens is 347 g/mol. The summed E-state index contributed by atoms with van der Waals surface area (Å²) in [4.78, 5) is 7.13. The topological polar surface area (TPSA) is 98.0 Å². The van der Waals surface area contributed by atoms with Crippen LogP contribution in [0.5, 0.6) is 0 Å². The largest absolute Gasteiger partial charge is 0.399 e. The van der Waals surface area contributed by atoms with Crippen LogP contribution in [0.15, 0.2) is 29.2 Å². The van der Waals surface area contributed by atoms with E-state index in [9.17, 15) is 8.42 Å². The average molecular weight is 354 g/mol. The number of rotatable bonds is 3. The standard InChI is InChI=1S/C10H7Cl3N4O2S/c11-6-2-1-5(14)3-7(6)20(18,19)17-9-4-8(12)15-10(13)16-9/h1-4H,14H2,(H,15,16,17). The van der Waals surface area contributed by atoms with Crippen LogP contribution in [-0.4, -0.2) is 18.4 Å². The molecule has 6 nitrogen and oxygen atoms in total. The number of sulfonamides is 1. The third kappa shape index (κ3) is 3.43. The van der Waals surface area contributed by atoms with E-state index in [1.807, 2.05) is 0 Å². The molecular formula is C10H7Cl3N4O2S. The molecule has 1 heterocycles. The first-order valence-electron chi connectivity index (χ1n) is 5.06. The zero-order valence-electron chi connectivity index (χ0n) is 9.64. The number of anilines is 2. The Labute approximate surface area is 129 Å². The van der Waals surface area contributed by atoms with Crippen LogP contribution in [0, 0.1) is 0 Å². The molecule has 10 heteroatoms. The smallest absolute Gasteiger partial charge is 0.264 e. The monoisotopic (exact) mass is 352 g/mol. The van der Waals surface area contributed by atoms with Crippen LogP contribution in [0.4, 0.5) is 11.5 Å². The Morgan fingerprint density at radius 3 is 2.45 bits per heavy atom. The Balaban J connectivity index is 2.43. The molecule has 0 bridgehead atoms. The normalized spacial score (nSPS) is 11.3. The van der Waals surface area contributed by atoms with E-state index in [1.54, 1.807) is 0 Å². The minimum absolute atomic E-state index is 0.00127. The van der Waals surface area contributed by atoms with Gasteiger partial charge in [-0.3, -0.25) is 4.72 Å². The van der Waals surface area contributed by atoms with Crippen molar-refractivity contribution in [2.24, 2.45) is 0 Å². The molecule has 0 saturated heterocycles.